The number of hydrogen-bond donors (Lipinski definition) is 3. The Morgan fingerprint density at radius 3 is 2.57 bits per heavy atom. The Bertz CT molecular complexity index is 1280. The van der Waals surface area contributed by atoms with Crippen LogP contribution in [0, 0.1) is 18.3 Å². The number of aliphatic hydroxyl groups excluding tert-OH is 1. The van der Waals surface area contributed by atoms with Crippen LogP contribution >= 0.6 is 0 Å². The van der Waals surface area contributed by atoms with Gasteiger partial charge in [0, 0.05) is 54.5 Å². The fourth-order valence-corrected chi connectivity index (χ4v) is 4.42. The van der Waals surface area contributed by atoms with Gasteiger partial charge in [-0.1, -0.05) is 0 Å². The van der Waals surface area contributed by atoms with Crippen molar-refractivity contribution in [1.82, 2.24) is 15.0 Å². The third-order valence-electron chi connectivity index (χ3n) is 6.69. The molecule has 2 atom stereocenters. The summed E-state index contributed by atoms with van der Waals surface area (Å²) in [5, 5.41) is 30.7. The lowest BCUT2D eigenvalue weighted by Gasteiger charge is -2.28. The van der Waals surface area contributed by atoms with Gasteiger partial charge < -0.3 is 25.6 Å². The summed E-state index contributed by atoms with van der Waals surface area (Å²) in [6.45, 7) is 7.89. The van der Waals surface area contributed by atoms with Gasteiger partial charge in [0.05, 0.1) is 30.6 Å². The van der Waals surface area contributed by atoms with Crippen molar-refractivity contribution in [3.8, 4) is 17.2 Å². The van der Waals surface area contributed by atoms with E-state index in [2.05, 4.69) is 25.9 Å². The van der Waals surface area contributed by atoms with Gasteiger partial charge in [0.2, 0.25) is 0 Å². The van der Waals surface area contributed by atoms with Gasteiger partial charge in [-0.2, -0.15) is 5.26 Å². The van der Waals surface area contributed by atoms with E-state index in [1.54, 1.807) is 44.6 Å². The van der Waals surface area contributed by atoms with Crippen LogP contribution in [0.3, 0.4) is 0 Å². The van der Waals surface area contributed by atoms with Gasteiger partial charge in [0.25, 0.3) is 0 Å². The first-order valence-electron chi connectivity index (χ1n) is 12.5. The molecule has 4 N–H and O–H groups in total. The van der Waals surface area contributed by atoms with Gasteiger partial charge in [0.15, 0.2) is 0 Å². The second-order valence-electron chi connectivity index (χ2n) is 9.94. The van der Waals surface area contributed by atoms with Crippen LogP contribution in [0.5, 0.6) is 0 Å². The molecule has 0 radical (unpaired) electrons. The normalized spacial score (nSPS) is 15.8. The number of ether oxygens (including phenoxy) is 1. The van der Waals surface area contributed by atoms with E-state index in [0.29, 0.717) is 61.8 Å². The average Bonchev–Trinajstić information content (AvgIpc) is 2.91. The molecule has 2 unspecified atom stereocenters. The molecule has 3 aromatic heterocycles. The molecule has 0 saturated carbocycles. The lowest BCUT2D eigenvalue weighted by Crippen LogP contribution is -2.37. The van der Waals surface area contributed by atoms with Gasteiger partial charge in [-0.05, 0) is 69.0 Å². The fourth-order valence-electron chi connectivity index (χ4n) is 4.42. The number of rotatable bonds is 8. The SMILES string of the molecule is Cc1ncc(C(N)CCC(O)c2ccnc(C(C)(C)O)c2)cc1-c1cnc(N2CCOCC2)c(C#N)c1. The van der Waals surface area contributed by atoms with Crippen molar-refractivity contribution in [2.75, 3.05) is 31.2 Å². The highest BCUT2D eigenvalue weighted by atomic mass is 16.5. The summed E-state index contributed by atoms with van der Waals surface area (Å²) < 4.78 is 5.42. The number of hydrogen-bond acceptors (Lipinski definition) is 9. The molecule has 9 heteroatoms. The van der Waals surface area contributed by atoms with Crippen LogP contribution in [-0.2, 0) is 10.3 Å². The van der Waals surface area contributed by atoms with Gasteiger partial charge in [-0.15, -0.1) is 0 Å². The summed E-state index contributed by atoms with van der Waals surface area (Å²) in [5.74, 6) is 0.672. The molecule has 1 aliphatic rings. The molecule has 194 valence electrons. The second-order valence-corrected chi connectivity index (χ2v) is 9.94. The van der Waals surface area contributed by atoms with Crippen molar-refractivity contribution in [3.05, 3.63) is 70.9 Å². The molecule has 0 spiro atoms. The summed E-state index contributed by atoms with van der Waals surface area (Å²) in [7, 11) is 0. The first kappa shape index (κ1) is 26.6. The molecular weight excluding hydrogens is 468 g/mol. The highest BCUT2D eigenvalue weighted by Gasteiger charge is 2.21. The van der Waals surface area contributed by atoms with E-state index in [9.17, 15) is 15.5 Å². The molecule has 9 nitrogen and oxygen atoms in total. The van der Waals surface area contributed by atoms with Crippen LogP contribution in [0.4, 0.5) is 5.82 Å². The first-order valence-corrected chi connectivity index (χ1v) is 12.5. The molecule has 4 heterocycles. The maximum Gasteiger partial charge on any atom is 0.146 e. The highest BCUT2D eigenvalue weighted by Crippen LogP contribution is 2.31. The van der Waals surface area contributed by atoms with E-state index < -0.39 is 11.7 Å². The Balaban J connectivity index is 1.50. The monoisotopic (exact) mass is 502 g/mol. The fraction of sp³-hybridized carbons (Fsp3) is 0.429. The number of aliphatic hydroxyl groups is 2. The minimum Gasteiger partial charge on any atom is -0.388 e. The van der Waals surface area contributed by atoms with Crippen molar-refractivity contribution in [2.24, 2.45) is 5.73 Å². The number of nitriles is 1. The molecule has 1 saturated heterocycles. The molecule has 37 heavy (non-hydrogen) atoms. The molecule has 4 rings (SSSR count). The van der Waals surface area contributed by atoms with E-state index in [1.807, 2.05) is 19.1 Å². The second kappa shape index (κ2) is 11.3. The lowest BCUT2D eigenvalue weighted by molar-refractivity contribution is 0.0733. The summed E-state index contributed by atoms with van der Waals surface area (Å²) in [5.41, 5.74) is 10.5. The van der Waals surface area contributed by atoms with Crippen LogP contribution in [0.25, 0.3) is 11.1 Å². The average molecular weight is 503 g/mol. The minimum absolute atomic E-state index is 0.340. The van der Waals surface area contributed by atoms with E-state index in [4.69, 9.17) is 10.5 Å². The topological polar surface area (TPSA) is 141 Å². The standard InChI is InChI=1S/C28H34N6O3/c1-18-23(21-12-20(15-29)27(33-16-21)34-8-10-37-11-9-34)13-22(17-32-18)24(30)4-5-25(35)19-6-7-31-26(14-19)28(2,3)36/h6-7,12-14,16-17,24-25,35-36H,4-5,8-11,30H2,1-3H3. The van der Waals surface area contributed by atoms with Gasteiger partial charge in [-0.3, -0.25) is 9.97 Å². The number of morpholine rings is 1. The third kappa shape index (κ3) is 6.29. The van der Waals surface area contributed by atoms with Crippen LogP contribution in [0.15, 0.2) is 42.9 Å². The molecular formula is C28H34N6O3. The molecule has 0 bridgehead atoms. The van der Waals surface area contributed by atoms with Crippen molar-refractivity contribution in [2.45, 2.75) is 51.4 Å². The Morgan fingerprint density at radius 2 is 1.86 bits per heavy atom. The maximum absolute atomic E-state index is 10.7. The van der Waals surface area contributed by atoms with Gasteiger partial charge >= 0.3 is 0 Å². The summed E-state index contributed by atoms with van der Waals surface area (Å²) in [6, 6.07) is 9.26. The number of nitrogens with zero attached hydrogens (tertiary/aromatic N) is 5. The van der Waals surface area contributed by atoms with Crippen molar-refractivity contribution in [1.29, 1.82) is 5.26 Å². The molecule has 0 aromatic carbocycles. The number of anilines is 1. The molecule has 0 amide bonds. The molecule has 1 aliphatic heterocycles. The smallest absolute Gasteiger partial charge is 0.146 e. The number of nitrogens with two attached hydrogens (primary N) is 1. The van der Waals surface area contributed by atoms with Gasteiger partial charge in [-0.25, -0.2) is 4.98 Å². The Labute approximate surface area is 217 Å². The highest BCUT2D eigenvalue weighted by molar-refractivity contribution is 5.70. The van der Waals surface area contributed by atoms with E-state index in [0.717, 1.165) is 22.4 Å². The van der Waals surface area contributed by atoms with Crippen LogP contribution < -0.4 is 10.6 Å². The number of aromatic nitrogens is 3. The van der Waals surface area contributed by atoms with Crippen molar-refractivity contribution < 1.29 is 14.9 Å². The van der Waals surface area contributed by atoms with E-state index in [-0.39, 0.29) is 6.04 Å². The molecule has 1 fully saturated rings. The Morgan fingerprint density at radius 1 is 1.11 bits per heavy atom. The zero-order chi connectivity index (χ0) is 26.6. The summed E-state index contributed by atoms with van der Waals surface area (Å²) in [6.07, 6.45) is 5.36. The Kier molecular flexibility index (Phi) is 8.15. The largest absolute Gasteiger partial charge is 0.388 e. The van der Waals surface area contributed by atoms with E-state index in [1.165, 1.54) is 0 Å². The van der Waals surface area contributed by atoms with Crippen molar-refractivity contribution >= 4 is 5.82 Å². The summed E-state index contributed by atoms with van der Waals surface area (Å²) >= 11 is 0. The Hall–Kier alpha value is -3.42. The number of aryl methyl sites for hydroxylation is 1. The zero-order valence-corrected chi connectivity index (χ0v) is 21.6. The first-order chi connectivity index (χ1) is 17.7. The summed E-state index contributed by atoms with van der Waals surface area (Å²) in [4.78, 5) is 15.4. The number of pyridine rings is 3. The van der Waals surface area contributed by atoms with Crippen LogP contribution in [0.2, 0.25) is 0 Å². The predicted octanol–water partition coefficient (Wildman–Crippen LogP) is 3.30. The zero-order valence-electron chi connectivity index (χ0n) is 21.6. The third-order valence-corrected chi connectivity index (χ3v) is 6.69. The molecule has 3 aromatic rings. The van der Waals surface area contributed by atoms with Crippen LogP contribution in [-0.4, -0.2) is 51.5 Å². The van der Waals surface area contributed by atoms with Gasteiger partial charge in [0.1, 0.15) is 17.5 Å². The van der Waals surface area contributed by atoms with Crippen LogP contribution in [0.1, 0.15) is 66.9 Å². The van der Waals surface area contributed by atoms with Crippen molar-refractivity contribution in [3.63, 3.8) is 0 Å². The molecule has 0 aliphatic carbocycles. The minimum atomic E-state index is -1.09. The predicted molar refractivity (Wildman–Crippen MR) is 141 cm³/mol. The lowest BCUT2D eigenvalue weighted by atomic mass is 9.95. The maximum atomic E-state index is 10.7. The quantitative estimate of drug-likeness (QED) is 0.423. The van der Waals surface area contributed by atoms with E-state index >= 15 is 0 Å².